The van der Waals surface area contributed by atoms with Gasteiger partial charge >= 0.3 is 0 Å². The van der Waals surface area contributed by atoms with Crippen LogP contribution in [-0.4, -0.2) is 12.1 Å². The zero-order valence-electron chi connectivity index (χ0n) is 7.87. The van der Waals surface area contributed by atoms with Gasteiger partial charge in [-0.3, -0.25) is 0 Å². The lowest BCUT2D eigenvalue weighted by Gasteiger charge is -1.99. The van der Waals surface area contributed by atoms with E-state index in [1.807, 2.05) is 24.3 Å². The van der Waals surface area contributed by atoms with E-state index in [-0.39, 0.29) is 0 Å². The lowest BCUT2D eigenvalue weighted by Crippen LogP contribution is -1.81. The van der Waals surface area contributed by atoms with Crippen molar-refractivity contribution in [2.75, 3.05) is 7.11 Å². The monoisotopic (exact) mass is 186 g/mol. The number of nitriles is 1. The van der Waals surface area contributed by atoms with Gasteiger partial charge in [-0.2, -0.15) is 5.26 Å². The summed E-state index contributed by atoms with van der Waals surface area (Å²) in [4.78, 5) is 3.17. The zero-order valence-corrected chi connectivity index (χ0v) is 7.87. The summed E-state index contributed by atoms with van der Waals surface area (Å²) in [5.74, 6) is 0.836. The van der Waals surface area contributed by atoms with Crippen LogP contribution >= 0.6 is 0 Å². The Kier molecular flexibility index (Phi) is 2.11. The number of aromatic nitrogens is 1. The highest BCUT2D eigenvalue weighted by atomic mass is 16.5. The van der Waals surface area contributed by atoms with Crippen LogP contribution in [0.1, 0.15) is 5.69 Å². The van der Waals surface area contributed by atoms with Crippen molar-refractivity contribution in [2.24, 2.45) is 0 Å². The number of nitrogens with one attached hydrogen (secondary N) is 1. The number of nitrogens with zero attached hydrogens (tertiary/aromatic N) is 1. The molecule has 3 nitrogen and oxygen atoms in total. The molecule has 0 unspecified atom stereocenters. The predicted molar refractivity (Wildman–Crippen MR) is 54.2 cm³/mol. The molecule has 14 heavy (non-hydrogen) atoms. The van der Waals surface area contributed by atoms with Gasteiger partial charge in [0.15, 0.2) is 0 Å². The molecule has 0 spiro atoms. The maximum Gasteiger partial charge on any atom is 0.128 e. The molecule has 0 aliphatic rings. The van der Waals surface area contributed by atoms with Crippen LogP contribution in [0.15, 0.2) is 24.3 Å². The lowest BCUT2D eigenvalue weighted by molar-refractivity contribution is 0.420. The summed E-state index contributed by atoms with van der Waals surface area (Å²) in [6.07, 6.45) is 0.401. The number of hydrogen-bond acceptors (Lipinski definition) is 2. The molecule has 1 N–H and O–H groups in total. The van der Waals surface area contributed by atoms with E-state index in [1.165, 1.54) is 0 Å². The summed E-state index contributed by atoms with van der Waals surface area (Å²) in [7, 11) is 1.64. The molecule has 0 amide bonds. The van der Waals surface area contributed by atoms with Crippen LogP contribution in [0.5, 0.6) is 5.75 Å². The number of aromatic amines is 1. The Labute approximate surface area is 81.9 Å². The average Bonchev–Trinajstić information content (AvgIpc) is 2.60. The Balaban J connectivity index is 2.59. The van der Waals surface area contributed by atoms with Gasteiger partial charge in [-0.25, -0.2) is 0 Å². The molecule has 0 atom stereocenters. The third-order valence-corrected chi connectivity index (χ3v) is 2.17. The Morgan fingerprint density at radius 3 is 3.07 bits per heavy atom. The number of rotatable bonds is 2. The van der Waals surface area contributed by atoms with Crippen LogP contribution in [0.4, 0.5) is 0 Å². The van der Waals surface area contributed by atoms with Crippen molar-refractivity contribution in [1.29, 1.82) is 5.26 Å². The second kappa shape index (κ2) is 3.43. The minimum absolute atomic E-state index is 0.401. The maximum absolute atomic E-state index is 8.57. The molecule has 2 rings (SSSR count). The van der Waals surface area contributed by atoms with Crippen molar-refractivity contribution >= 4 is 10.9 Å². The molecule has 0 bridgehead atoms. The van der Waals surface area contributed by atoms with Crippen molar-refractivity contribution in [1.82, 2.24) is 4.98 Å². The second-order valence-electron chi connectivity index (χ2n) is 3.05. The summed E-state index contributed by atoms with van der Waals surface area (Å²) in [5.41, 5.74) is 1.93. The van der Waals surface area contributed by atoms with Gasteiger partial charge in [0.25, 0.3) is 0 Å². The maximum atomic E-state index is 8.57. The normalized spacial score (nSPS) is 10.0. The minimum Gasteiger partial charge on any atom is -0.496 e. The molecule has 70 valence electrons. The van der Waals surface area contributed by atoms with E-state index in [0.29, 0.717) is 6.42 Å². The first kappa shape index (κ1) is 8.64. The van der Waals surface area contributed by atoms with Gasteiger partial charge in [0.05, 0.1) is 19.6 Å². The van der Waals surface area contributed by atoms with Crippen molar-refractivity contribution in [3.8, 4) is 11.8 Å². The van der Waals surface area contributed by atoms with Gasteiger partial charge < -0.3 is 9.72 Å². The van der Waals surface area contributed by atoms with Crippen LogP contribution in [-0.2, 0) is 6.42 Å². The van der Waals surface area contributed by atoms with E-state index >= 15 is 0 Å². The van der Waals surface area contributed by atoms with E-state index in [0.717, 1.165) is 22.3 Å². The summed E-state index contributed by atoms with van der Waals surface area (Å²) >= 11 is 0. The number of H-pyrrole nitrogens is 1. The van der Waals surface area contributed by atoms with Crippen LogP contribution in [0.25, 0.3) is 10.9 Å². The van der Waals surface area contributed by atoms with E-state index in [9.17, 15) is 0 Å². The van der Waals surface area contributed by atoms with Gasteiger partial charge in [-0.05, 0) is 18.2 Å². The lowest BCUT2D eigenvalue weighted by atomic mass is 10.2. The first-order valence-corrected chi connectivity index (χ1v) is 4.36. The summed E-state index contributed by atoms with van der Waals surface area (Å²) in [6.45, 7) is 0. The number of fused-ring (bicyclic) bond motifs is 1. The van der Waals surface area contributed by atoms with E-state index in [1.54, 1.807) is 7.11 Å². The van der Waals surface area contributed by atoms with E-state index in [4.69, 9.17) is 10.00 Å². The smallest absolute Gasteiger partial charge is 0.128 e. The number of ether oxygens (including phenoxy) is 1. The molecule has 3 heteroatoms. The topological polar surface area (TPSA) is 48.8 Å². The molecule has 0 aliphatic carbocycles. The zero-order chi connectivity index (χ0) is 9.97. The van der Waals surface area contributed by atoms with Crippen LogP contribution in [0.2, 0.25) is 0 Å². The Morgan fingerprint density at radius 2 is 2.36 bits per heavy atom. The molecule has 0 radical (unpaired) electrons. The molecule has 1 aromatic heterocycles. The standard InChI is InChI=1S/C11H10N2O/c1-14-11-4-2-3-10-9(11)7-8(13-10)5-6-12/h2-4,7,13H,5H2,1H3. The first-order valence-electron chi connectivity index (χ1n) is 4.36. The van der Waals surface area contributed by atoms with E-state index in [2.05, 4.69) is 11.1 Å². The highest BCUT2D eigenvalue weighted by Gasteiger charge is 2.04. The Hall–Kier alpha value is -1.95. The molecule has 0 aliphatic heterocycles. The number of methoxy groups -OCH3 is 1. The number of benzene rings is 1. The molecule has 1 aromatic carbocycles. The summed E-state index contributed by atoms with van der Waals surface area (Å²) < 4.78 is 5.22. The van der Waals surface area contributed by atoms with Gasteiger partial charge in [0.2, 0.25) is 0 Å². The van der Waals surface area contributed by atoms with Gasteiger partial charge in [-0.1, -0.05) is 6.07 Å². The first-order chi connectivity index (χ1) is 6.85. The van der Waals surface area contributed by atoms with Crippen molar-refractivity contribution < 1.29 is 4.74 Å². The summed E-state index contributed by atoms with van der Waals surface area (Å²) in [5, 5.41) is 9.60. The third kappa shape index (κ3) is 1.31. The average molecular weight is 186 g/mol. The van der Waals surface area contributed by atoms with Crippen molar-refractivity contribution in [2.45, 2.75) is 6.42 Å². The molecule has 1 heterocycles. The summed E-state index contributed by atoms with van der Waals surface area (Å²) in [6, 6.07) is 9.87. The van der Waals surface area contributed by atoms with Gasteiger partial charge in [0.1, 0.15) is 5.75 Å². The fourth-order valence-electron chi connectivity index (χ4n) is 1.54. The van der Waals surface area contributed by atoms with E-state index < -0.39 is 0 Å². The Bertz CT molecular complexity index is 493. The molecule has 0 saturated carbocycles. The van der Waals surface area contributed by atoms with Crippen LogP contribution < -0.4 is 4.74 Å². The van der Waals surface area contributed by atoms with Crippen LogP contribution in [0, 0.1) is 11.3 Å². The van der Waals surface area contributed by atoms with Gasteiger partial charge in [-0.15, -0.1) is 0 Å². The van der Waals surface area contributed by atoms with Crippen LogP contribution in [0.3, 0.4) is 0 Å². The molecule has 0 fully saturated rings. The van der Waals surface area contributed by atoms with Crippen molar-refractivity contribution in [3.05, 3.63) is 30.0 Å². The predicted octanol–water partition coefficient (Wildman–Crippen LogP) is 2.24. The molecular weight excluding hydrogens is 176 g/mol. The molecule has 2 aromatic rings. The minimum atomic E-state index is 0.401. The quantitative estimate of drug-likeness (QED) is 0.781. The van der Waals surface area contributed by atoms with Crippen molar-refractivity contribution in [3.63, 3.8) is 0 Å². The van der Waals surface area contributed by atoms with Gasteiger partial charge in [0, 0.05) is 16.6 Å². The SMILES string of the molecule is COc1cccc2[nH]c(CC#N)cc12. The second-order valence-corrected chi connectivity index (χ2v) is 3.05. The number of hydrogen-bond donors (Lipinski definition) is 1. The fraction of sp³-hybridized carbons (Fsp3) is 0.182. The third-order valence-electron chi connectivity index (χ3n) is 2.17. The largest absolute Gasteiger partial charge is 0.496 e. The molecule has 0 saturated heterocycles. The fourth-order valence-corrected chi connectivity index (χ4v) is 1.54. The highest BCUT2D eigenvalue weighted by molar-refractivity contribution is 5.86. The Morgan fingerprint density at radius 1 is 1.50 bits per heavy atom. The highest BCUT2D eigenvalue weighted by Crippen LogP contribution is 2.25. The molecular formula is C11H10N2O.